The molecule has 1 fully saturated rings. The lowest BCUT2D eigenvalue weighted by atomic mass is 9.97. The number of hydrogen-bond acceptors (Lipinski definition) is 2. The molecule has 3 nitrogen and oxygen atoms in total. The molecule has 5 heteroatoms. The number of carbonyl (C=O) groups is 1. The largest absolute Gasteiger partial charge is 0.348 e. The minimum Gasteiger partial charge on any atom is -0.348 e. The van der Waals surface area contributed by atoms with E-state index in [9.17, 15) is 9.18 Å². The van der Waals surface area contributed by atoms with Crippen LogP contribution in [0.15, 0.2) is 42.5 Å². The van der Waals surface area contributed by atoms with Crippen molar-refractivity contribution in [2.75, 3.05) is 16.3 Å². The Morgan fingerprint density at radius 3 is 2.78 bits per heavy atom. The van der Waals surface area contributed by atoms with Crippen LogP contribution >= 0.6 is 11.6 Å². The van der Waals surface area contributed by atoms with Gasteiger partial charge in [0.15, 0.2) is 0 Å². The fourth-order valence-corrected chi connectivity index (χ4v) is 3.98. The molecule has 2 aliphatic heterocycles. The summed E-state index contributed by atoms with van der Waals surface area (Å²) in [4.78, 5) is 17.1. The van der Waals surface area contributed by atoms with Gasteiger partial charge in [0, 0.05) is 12.2 Å². The monoisotopic (exact) mass is 330 g/mol. The van der Waals surface area contributed by atoms with Gasteiger partial charge in [-0.15, -0.1) is 0 Å². The third-order valence-corrected chi connectivity index (χ3v) is 5.17. The summed E-state index contributed by atoms with van der Waals surface area (Å²) in [5.74, 6) is -0.544. The van der Waals surface area contributed by atoms with Gasteiger partial charge in [0.25, 0.3) is 5.91 Å². The minimum absolute atomic E-state index is 0.0299. The van der Waals surface area contributed by atoms with Crippen molar-refractivity contribution in [1.82, 2.24) is 0 Å². The molecule has 23 heavy (non-hydrogen) atoms. The average molecular weight is 331 g/mol. The molecule has 0 aliphatic carbocycles. The molecule has 1 saturated heterocycles. The number of fused-ring (bicyclic) bond motifs is 3. The zero-order valence-corrected chi connectivity index (χ0v) is 13.5. The van der Waals surface area contributed by atoms with Gasteiger partial charge in [-0.2, -0.15) is 0 Å². The summed E-state index contributed by atoms with van der Waals surface area (Å²) >= 11 is 5.94. The highest BCUT2D eigenvalue weighted by atomic mass is 35.5. The predicted octanol–water partition coefficient (Wildman–Crippen LogP) is 4.46. The Bertz CT molecular complexity index is 809. The first-order chi connectivity index (χ1) is 11.0. The van der Waals surface area contributed by atoms with Gasteiger partial charge in [0.05, 0.1) is 16.3 Å². The first-order valence-electron chi connectivity index (χ1n) is 7.69. The summed E-state index contributed by atoms with van der Waals surface area (Å²) in [6.07, 6.45) is 1.87. The van der Waals surface area contributed by atoms with Crippen LogP contribution in [0.3, 0.4) is 0 Å². The van der Waals surface area contributed by atoms with Crippen molar-refractivity contribution in [1.29, 1.82) is 0 Å². The van der Waals surface area contributed by atoms with Gasteiger partial charge >= 0.3 is 0 Å². The second kappa shape index (κ2) is 4.96. The Morgan fingerprint density at radius 2 is 2.00 bits per heavy atom. The van der Waals surface area contributed by atoms with Crippen LogP contribution in [0.2, 0.25) is 5.02 Å². The zero-order valence-electron chi connectivity index (χ0n) is 12.7. The molecule has 0 saturated carbocycles. The summed E-state index contributed by atoms with van der Waals surface area (Å²) < 4.78 is 13.5. The summed E-state index contributed by atoms with van der Waals surface area (Å²) in [5.41, 5.74) is 1.83. The number of nitrogens with zero attached hydrogens (tertiary/aromatic N) is 2. The molecule has 118 valence electrons. The van der Waals surface area contributed by atoms with Gasteiger partial charge in [-0.05, 0) is 50.1 Å². The van der Waals surface area contributed by atoms with Crippen molar-refractivity contribution in [2.45, 2.75) is 25.4 Å². The fourth-order valence-electron chi connectivity index (χ4n) is 3.81. The van der Waals surface area contributed by atoms with E-state index in [2.05, 4.69) is 11.8 Å². The molecule has 0 spiro atoms. The number of halogens is 2. The van der Waals surface area contributed by atoms with Crippen molar-refractivity contribution in [3.05, 3.63) is 58.9 Å². The van der Waals surface area contributed by atoms with Gasteiger partial charge in [-0.3, -0.25) is 9.69 Å². The minimum atomic E-state index is -0.478. The Labute approximate surface area is 139 Å². The molecule has 0 aromatic heterocycles. The second-order valence-electron chi connectivity index (χ2n) is 6.23. The summed E-state index contributed by atoms with van der Waals surface area (Å²) in [6, 6.07) is 12.1. The number of para-hydroxylation sites is 1. The number of carbonyl (C=O) groups excluding carboxylic acids is 1. The maximum Gasteiger partial charge on any atom is 0.262 e. The molecule has 1 atom stereocenters. The fraction of sp³-hybridized carbons (Fsp3) is 0.278. The topological polar surface area (TPSA) is 23.6 Å². The van der Waals surface area contributed by atoms with Crippen molar-refractivity contribution in [3.63, 3.8) is 0 Å². The SMILES string of the molecule is CC12CCCN1c1ccccc1C(=O)N2c1ccc(F)c(Cl)c1. The third kappa shape index (κ3) is 1.98. The van der Waals surface area contributed by atoms with Crippen molar-refractivity contribution in [3.8, 4) is 0 Å². The number of hydrogen-bond donors (Lipinski definition) is 0. The molecule has 4 rings (SSSR count). The molecule has 1 amide bonds. The van der Waals surface area contributed by atoms with E-state index >= 15 is 0 Å². The van der Waals surface area contributed by atoms with Crippen molar-refractivity contribution in [2.24, 2.45) is 0 Å². The van der Waals surface area contributed by atoms with Crippen LogP contribution in [0, 0.1) is 5.82 Å². The standard InChI is InChI=1S/C18H16ClFN2O/c1-18-9-4-10-21(18)16-6-3-2-5-13(16)17(23)22(18)12-7-8-15(20)14(19)11-12/h2-3,5-8,11H,4,9-10H2,1H3. The van der Waals surface area contributed by atoms with Crippen LogP contribution in [-0.2, 0) is 0 Å². The van der Waals surface area contributed by atoms with Gasteiger partial charge in [-0.25, -0.2) is 4.39 Å². The third-order valence-electron chi connectivity index (χ3n) is 4.89. The maximum atomic E-state index is 13.5. The predicted molar refractivity (Wildman–Crippen MR) is 89.6 cm³/mol. The average Bonchev–Trinajstić information content (AvgIpc) is 2.93. The quantitative estimate of drug-likeness (QED) is 0.771. The van der Waals surface area contributed by atoms with E-state index in [0.717, 1.165) is 25.1 Å². The molecular weight excluding hydrogens is 315 g/mol. The Kier molecular flexibility index (Phi) is 3.13. The molecule has 0 bridgehead atoms. The molecular formula is C18H16ClFN2O. The highest BCUT2D eigenvalue weighted by Crippen LogP contribution is 2.45. The van der Waals surface area contributed by atoms with E-state index in [1.807, 2.05) is 24.3 Å². The lowest BCUT2D eigenvalue weighted by molar-refractivity contribution is 0.0950. The number of anilines is 2. The van der Waals surface area contributed by atoms with E-state index in [0.29, 0.717) is 11.3 Å². The Hall–Kier alpha value is -2.07. The lowest BCUT2D eigenvalue weighted by Crippen LogP contribution is -2.61. The van der Waals surface area contributed by atoms with Crippen LogP contribution < -0.4 is 9.80 Å². The van der Waals surface area contributed by atoms with Crippen LogP contribution in [0.25, 0.3) is 0 Å². The molecule has 1 unspecified atom stereocenters. The molecule has 2 aromatic carbocycles. The van der Waals surface area contributed by atoms with Crippen LogP contribution in [0.4, 0.5) is 15.8 Å². The molecule has 2 aromatic rings. The highest BCUT2D eigenvalue weighted by molar-refractivity contribution is 6.31. The zero-order chi connectivity index (χ0) is 16.2. The lowest BCUT2D eigenvalue weighted by Gasteiger charge is -2.49. The number of benzene rings is 2. The molecule has 0 radical (unpaired) electrons. The molecule has 0 N–H and O–H groups in total. The van der Waals surface area contributed by atoms with E-state index in [4.69, 9.17) is 11.6 Å². The number of rotatable bonds is 1. The highest BCUT2D eigenvalue weighted by Gasteiger charge is 2.49. The van der Waals surface area contributed by atoms with Crippen LogP contribution in [0.1, 0.15) is 30.1 Å². The maximum absolute atomic E-state index is 13.5. The van der Waals surface area contributed by atoms with Crippen molar-refractivity contribution >= 4 is 28.9 Å². The van der Waals surface area contributed by atoms with Gasteiger partial charge in [0.1, 0.15) is 11.5 Å². The first-order valence-corrected chi connectivity index (χ1v) is 8.06. The normalized spacial score (nSPS) is 23.0. The Morgan fingerprint density at radius 1 is 1.22 bits per heavy atom. The van der Waals surface area contributed by atoms with Crippen molar-refractivity contribution < 1.29 is 9.18 Å². The van der Waals surface area contributed by atoms with E-state index in [-0.39, 0.29) is 10.9 Å². The van der Waals surface area contributed by atoms with Crippen LogP contribution in [-0.4, -0.2) is 18.1 Å². The summed E-state index contributed by atoms with van der Waals surface area (Å²) in [7, 11) is 0. The van der Waals surface area contributed by atoms with E-state index < -0.39 is 11.5 Å². The van der Waals surface area contributed by atoms with Crippen LogP contribution in [0.5, 0.6) is 0 Å². The smallest absolute Gasteiger partial charge is 0.262 e. The summed E-state index contributed by atoms with van der Waals surface area (Å²) in [6.45, 7) is 2.96. The van der Waals surface area contributed by atoms with Gasteiger partial charge < -0.3 is 4.90 Å². The van der Waals surface area contributed by atoms with E-state index in [1.165, 1.54) is 12.1 Å². The van der Waals surface area contributed by atoms with Gasteiger partial charge in [0.2, 0.25) is 0 Å². The number of amides is 1. The second-order valence-corrected chi connectivity index (χ2v) is 6.64. The molecule has 2 aliphatic rings. The first kappa shape index (κ1) is 14.5. The molecule has 2 heterocycles. The Balaban J connectivity index is 1.92. The van der Waals surface area contributed by atoms with Gasteiger partial charge in [-0.1, -0.05) is 23.7 Å². The van der Waals surface area contributed by atoms with E-state index in [1.54, 1.807) is 11.0 Å². The summed E-state index contributed by atoms with van der Waals surface area (Å²) in [5, 5.41) is 0.0299.